The van der Waals surface area contributed by atoms with Crippen LogP contribution in [0.2, 0.25) is 0 Å². The quantitative estimate of drug-likeness (QED) is 0.651. The Balaban J connectivity index is 1.50. The molecule has 0 N–H and O–H groups in total. The zero-order chi connectivity index (χ0) is 17.9. The summed E-state index contributed by atoms with van der Waals surface area (Å²) in [5.74, 6) is 1.14. The van der Waals surface area contributed by atoms with Crippen molar-refractivity contribution >= 4 is 21.8 Å². The molecule has 6 nitrogen and oxygen atoms in total. The van der Waals surface area contributed by atoms with Crippen LogP contribution in [0.5, 0.6) is 0 Å². The lowest BCUT2D eigenvalue weighted by Gasteiger charge is -2.31. The molecule has 1 aromatic carbocycles. The highest BCUT2D eigenvalue weighted by Crippen LogP contribution is 2.29. The van der Waals surface area contributed by atoms with Gasteiger partial charge in [0.25, 0.3) is 5.91 Å². The summed E-state index contributed by atoms with van der Waals surface area (Å²) in [5, 5.41) is 8.39. The SMILES string of the molecule is O=C(c1cncc(Br)c1)N1CCC[C@H](c2nnc(-c3ccccc3)o2)C1. The number of halogens is 1. The Morgan fingerprint density at radius 2 is 2.04 bits per heavy atom. The zero-order valence-electron chi connectivity index (χ0n) is 14.0. The van der Waals surface area contributed by atoms with Crippen LogP contribution in [0.15, 0.2) is 57.7 Å². The number of benzene rings is 1. The Hall–Kier alpha value is -2.54. The molecular formula is C19H17BrN4O2. The summed E-state index contributed by atoms with van der Waals surface area (Å²) in [6.07, 6.45) is 5.09. The van der Waals surface area contributed by atoms with Crippen molar-refractivity contribution in [3.05, 3.63) is 64.7 Å². The van der Waals surface area contributed by atoms with Crippen molar-refractivity contribution in [2.75, 3.05) is 13.1 Å². The van der Waals surface area contributed by atoms with Gasteiger partial charge in [0, 0.05) is 35.5 Å². The number of piperidine rings is 1. The van der Waals surface area contributed by atoms with E-state index < -0.39 is 0 Å². The van der Waals surface area contributed by atoms with E-state index in [2.05, 4.69) is 31.1 Å². The van der Waals surface area contributed by atoms with E-state index in [4.69, 9.17) is 4.42 Å². The molecule has 3 aromatic rings. The average molecular weight is 413 g/mol. The van der Waals surface area contributed by atoms with Crippen molar-refractivity contribution < 1.29 is 9.21 Å². The van der Waals surface area contributed by atoms with E-state index in [1.807, 2.05) is 35.2 Å². The number of hydrogen-bond donors (Lipinski definition) is 0. The summed E-state index contributed by atoms with van der Waals surface area (Å²) >= 11 is 3.36. The molecule has 0 radical (unpaired) electrons. The monoisotopic (exact) mass is 412 g/mol. The molecule has 7 heteroatoms. The number of aromatic nitrogens is 3. The standard InChI is InChI=1S/C19H17BrN4O2/c20-16-9-15(10-21-11-16)19(25)24-8-4-7-14(12-24)18-23-22-17(26-18)13-5-2-1-3-6-13/h1-3,5-6,9-11,14H,4,7-8,12H2/t14-/m0/s1. The van der Waals surface area contributed by atoms with Gasteiger partial charge in [-0.15, -0.1) is 10.2 Å². The number of nitrogens with zero attached hydrogens (tertiary/aromatic N) is 4. The van der Waals surface area contributed by atoms with E-state index in [0.29, 0.717) is 23.9 Å². The minimum Gasteiger partial charge on any atom is -0.420 e. The molecule has 3 heterocycles. The first kappa shape index (κ1) is 16.9. The van der Waals surface area contributed by atoms with Crippen molar-refractivity contribution in [1.29, 1.82) is 0 Å². The van der Waals surface area contributed by atoms with Gasteiger partial charge in [-0.25, -0.2) is 0 Å². The van der Waals surface area contributed by atoms with Crippen molar-refractivity contribution in [2.24, 2.45) is 0 Å². The first-order valence-corrected chi connectivity index (χ1v) is 9.28. The Morgan fingerprint density at radius 3 is 2.85 bits per heavy atom. The lowest BCUT2D eigenvalue weighted by atomic mass is 9.97. The highest BCUT2D eigenvalue weighted by molar-refractivity contribution is 9.10. The number of hydrogen-bond acceptors (Lipinski definition) is 5. The van der Waals surface area contributed by atoms with Crippen LogP contribution in [0.1, 0.15) is 35.0 Å². The Bertz CT molecular complexity index is 913. The predicted molar refractivity (Wildman–Crippen MR) is 99.5 cm³/mol. The van der Waals surface area contributed by atoms with Crippen LogP contribution in [-0.2, 0) is 0 Å². The number of amides is 1. The smallest absolute Gasteiger partial charge is 0.255 e. The second kappa shape index (κ2) is 7.37. The minimum atomic E-state index is -0.0219. The molecule has 1 atom stereocenters. The van der Waals surface area contributed by atoms with Gasteiger partial charge >= 0.3 is 0 Å². The minimum absolute atomic E-state index is 0.0219. The number of pyridine rings is 1. The van der Waals surface area contributed by atoms with Crippen LogP contribution in [-0.4, -0.2) is 39.1 Å². The van der Waals surface area contributed by atoms with Crippen molar-refractivity contribution in [3.8, 4) is 11.5 Å². The normalized spacial score (nSPS) is 17.3. The summed E-state index contributed by atoms with van der Waals surface area (Å²) in [6.45, 7) is 1.29. The Labute approximate surface area is 159 Å². The lowest BCUT2D eigenvalue weighted by Crippen LogP contribution is -2.39. The molecule has 4 rings (SSSR count). The first-order valence-electron chi connectivity index (χ1n) is 8.49. The van der Waals surface area contributed by atoms with Crippen molar-refractivity contribution in [1.82, 2.24) is 20.1 Å². The molecule has 0 saturated carbocycles. The summed E-state index contributed by atoms with van der Waals surface area (Å²) in [7, 11) is 0. The van der Waals surface area contributed by atoms with Crippen molar-refractivity contribution in [2.45, 2.75) is 18.8 Å². The van der Waals surface area contributed by atoms with Crippen LogP contribution in [0.4, 0.5) is 0 Å². The van der Waals surface area contributed by atoms with Crippen LogP contribution in [0, 0.1) is 0 Å². The largest absolute Gasteiger partial charge is 0.420 e. The van der Waals surface area contributed by atoms with Crippen LogP contribution in [0.25, 0.3) is 11.5 Å². The van der Waals surface area contributed by atoms with E-state index in [1.165, 1.54) is 0 Å². The molecule has 1 amide bonds. The molecule has 1 aliphatic heterocycles. The molecule has 0 unspecified atom stereocenters. The van der Waals surface area contributed by atoms with Gasteiger partial charge in [0.05, 0.1) is 11.5 Å². The molecule has 132 valence electrons. The molecule has 0 bridgehead atoms. The predicted octanol–water partition coefficient (Wildman–Crippen LogP) is 3.91. The van der Waals surface area contributed by atoms with E-state index in [-0.39, 0.29) is 11.8 Å². The molecule has 1 aliphatic rings. The summed E-state index contributed by atoms with van der Waals surface area (Å²) < 4.78 is 6.67. The van der Waals surface area contributed by atoms with Gasteiger partial charge in [0.2, 0.25) is 11.8 Å². The number of rotatable bonds is 3. The van der Waals surface area contributed by atoms with Gasteiger partial charge < -0.3 is 9.32 Å². The Kier molecular flexibility index (Phi) is 4.79. The van der Waals surface area contributed by atoms with Gasteiger partial charge in [-0.3, -0.25) is 9.78 Å². The van der Waals surface area contributed by atoms with Crippen LogP contribution < -0.4 is 0 Å². The highest BCUT2D eigenvalue weighted by atomic mass is 79.9. The fraction of sp³-hybridized carbons (Fsp3) is 0.263. The maximum absolute atomic E-state index is 12.8. The lowest BCUT2D eigenvalue weighted by molar-refractivity contribution is 0.0698. The topological polar surface area (TPSA) is 72.1 Å². The zero-order valence-corrected chi connectivity index (χ0v) is 15.6. The highest BCUT2D eigenvalue weighted by Gasteiger charge is 2.29. The molecule has 1 fully saturated rings. The van der Waals surface area contributed by atoms with Gasteiger partial charge in [-0.05, 0) is 47.0 Å². The average Bonchev–Trinajstić information content (AvgIpc) is 3.18. The van der Waals surface area contributed by atoms with E-state index in [9.17, 15) is 4.79 Å². The van der Waals surface area contributed by atoms with Gasteiger partial charge in [0.15, 0.2) is 0 Å². The second-order valence-corrected chi connectivity index (χ2v) is 7.21. The molecule has 1 saturated heterocycles. The van der Waals surface area contributed by atoms with Gasteiger partial charge in [-0.1, -0.05) is 18.2 Å². The summed E-state index contributed by atoms with van der Waals surface area (Å²) in [5.41, 5.74) is 1.48. The first-order chi connectivity index (χ1) is 12.7. The summed E-state index contributed by atoms with van der Waals surface area (Å²) in [6, 6.07) is 11.5. The summed E-state index contributed by atoms with van der Waals surface area (Å²) in [4.78, 5) is 18.7. The molecular weight excluding hydrogens is 396 g/mol. The maximum atomic E-state index is 12.8. The third-order valence-electron chi connectivity index (χ3n) is 4.47. The fourth-order valence-electron chi connectivity index (χ4n) is 3.17. The number of carbonyl (C=O) groups excluding carboxylic acids is 1. The van der Waals surface area contributed by atoms with Crippen molar-refractivity contribution in [3.63, 3.8) is 0 Å². The Morgan fingerprint density at radius 1 is 1.19 bits per heavy atom. The maximum Gasteiger partial charge on any atom is 0.255 e. The third kappa shape index (κ3) is 3.53. The van der Waals surface area contributed by atoms with Crippen LogP contribution >= 0.6 is 15.9 Å². The molecule has 0 aliphatic carbocycles. The van der Waals surface area contributed by atoms with E-state index in [0.717, 1.165) is 29.4 Å². The van der Waals surface area contributed by atoms with E-state index >= 15 is 0 Å². The second-order valence-electron chi connectivity index (χ2n) is 6.29. The van der Waals surface area contributed by atoms with Crippen LogP contribution in [0.3, 0.4) is 0 Å². The third-order valence-corrected chi connectivity index (χ3v) is 4.90. The molecule has 26 heavy (non-hydrogen) atoms. The fourth-order valence-corrected chi connectivity index (χ4v) is 3.54. The number of likely N-dealkylation sites (tertiary alicyclic amines) is 1. The molecule has 2 aromatic heterocycles. The van der Waals surface area contributed by atoms with Gasteiger partial charge in [-0.2, -0.15) is 0 Å². The van der Waals surface area contributed by atoms with E-state index in [1.54, 1.807) is 18.5 Å². The molecule has 0 spiro atoms. The van der Waals surface area contributed by atoms with Gasteiger partial charge in [0.1, 0.15) is 0 Å². The number of carbonyl (C=O) groups is 1.